The van der Waals surface area contributed by atoms with Crippen molar-refractivity contribution in [3.05, 3.63) is 23.9 Å². The van der Waals surface area contributed by atoms with Crippen molar-refractivity contribution in [2.45, 2.75) is 45.1 Å². The van der Waals surface area contributed by atoms with Gasteiger partial charge >= 0.3 is 0 Å². The van der Waals surface area contributed by atoms with Gasteiger partial charge in [-0.1, -0.05) is 31.7 Å². The minimum Gasteiger partial charge on any atom is -0.378 e. The van der Waals surface area contributed by atoms with Crippen LogP contribution < -0.4 is 15.5 Å². The minimum absolute atomic E-state index is 0.725. The second-order valence-electron chi connectivity index (χ2n) is 7.23. The van der Waals surface area contributed by atoms with Crippen LogP contribution in [0.25, 0.3) is 0 Å². The lowest BCUT2D eigenvalue weighted by Crippen LogP contribution is -2.39. The fourth-order valence-electron chi connectivity index (χ4n) is 3.92. The van der Waals surface area contributed by atoms with Crippen LogP contribution in [0, 0.1) is 5.92 Å². The van der Waals surface area contributed by atoms with Crippen molar-refractivity contribution in [3.63, 3.8) is 0 Å². The van der Waals surface area contributed by atoms with Gasteiger partial charge in [-0.15, -0.1) is 0 Å². The molecule has 26 heavy (non-hydrogen) atoms. The highest BCUT2D eigenvalue weighted by atomic mass is 16.5. The van der Waals surface area contributed by atoms with E-state index >= 15 is 0 Å². The van der Waals surface area contributed by atoms with Gasteiger partial charge in [0.2, 0.25) is 0 Å². The van der Waals surface area contributed by atoms with Crippen LogP contribution in [0.5, 0.6) is 0 Å². The molecule has 0 unspecified atom stereocenters. The normalized spacial score (nSPS) is 19.0. The molecule has 6 nitrogen and oxygen atoms in total. The van der Waals surface area contributed by atoms with Gasteiger partial charge in [0.15, 0.2) is 5.96 Å². The van der Waals surface area contributed by atoms with E-state index in [0.717, 1.165) is 57.1 Å². The lowest BCUT2D eigenvalue weighted by molar-refractivity contribution is 0.122. The average Bonchev–Trinajstić information content (AvgIpc) is 3.22. The highest BCUT2D eigenvalue weighted by Gasteiger charge is 2.16. The van der Waals surface area contributed by atoms with Gasteiger partial charge in [0.05, 0.1) is 13.2 Å². The maximum atomic E-state index is 5.45. The maximum Gasteiger partial charge on any atom is 0.191 e. The predicted octanol–water partition coefficient (Wildman–Crippen LogP) is 2.55. The number of guanidine groups is 1. The summed E-state index contributed by atoms with van der Waals surface area (Å²) in [5.74, 6) is 2.88. The molecule has 2 heterocycles. The molecule has 0 aromatic carbocycles. The molecule has 144 valence electrons. The molecule has 0 spiro atoms. The van der Waals surface area contributed by atoms with Gasteiger partial charge in [-0.2, -0.15) is 0 Å². The summed E-state index contributed by atoms with van der Waals surface area (Å²) in [5.41, 5.74) is 1.20. The zero-order valence-electron chi connectivity index (χ0n) is 16.0. The van der Waals surface area contributed by atoms with Gasteiger partial charge in [-0.05, 0) is 24.8 Å². The predicted molar refractivity (Wildman–Crippen MR) is 107 cm³/mol. The second kappa shape index (κ2) is 10.4. The smallest absolute Gasteiger partial charge is 0.191 e. The Labute approximate surface area is 157 Å². The molecule has 6 heteroatoms. The largest absolute Gasteiger partial charge is 0.378 e. The zero-order valence-corrected chi connectivity index (χ0v) is 16.0. The van der Waals surface area contributed by atoms with E-state index in [0.29, 0.717) is 0 Å². The van der Waals surface area contributed by atoms with E-state index in [9.17, 15) is 0 Å². The number of morpholine rings is 1. The number of nitrogens with one attached hydrogen (secondary N) is 2. The van der Waals surface area contributed by atoms with Gasteiger partial charge in [-0.25, -0.2) is 4.98 Å². The molecule has 1 aromatic rings. The number of hydrogen-bond acceptors (Lipinski definition) is 4. The molecule has 0 bridgehead atoms. The molecule has 2 N–H and O–H groups in total. The van der Waals surface area contributed by atoms with Crippen LogP contribution in [0.1, 0.15) is 44.1 Å². The van der Waals surface area contributed by atoms with Gasteiger partial charge in [-0.3, -0.25) is 4.99 Å². The summed E-state index contributed by atoms with van der Waals surface area (Å²) in [6.45, 7) is 5.06. The molecule has 1 saturated carbocycles. The highest BCUT2D eigenvalue weighted by molar-refractivity contribution is 5.79. The Morgan fingerprint density at radius 3 is 2.85 bits per heavy atom. The number of hydrogen-bond donors (Lipinski definition) is 2. The summed E-state index contributed by atoms with van der Waals surface area (Å²) < 4.78 is 5.45. The molecule has 0 amide bonds. The van der Waals surface area contributed by atoms with Gasteiger partial charge in [0, 0.05) is 45.0 Å². The molecule has 0 atom stereocenters. The maximum absolute atomic E-state index is 5.45. The van der Waals surface area contributed by atoms with Gasteiger partial charge in [0.1, 0.15) is 5.82 Å². The third kappa shape index (κ3) is 5.59. The molecule has 2 fully saturated rings. The van der Waals surface area contributed by atoms with Crippen molar-refractivity contribution >= 4 is 11.8 Å². The van der Waals surface area contributed by atoms with Crippen molar-refractivity contribution in [3.8, 4) is 0 Å². The minimum atomic E-state index is 0.725. The Balaban J connectivity index is 1.44. The third-order valence-corrected chi connectivity index (χ3v) is 5.40. The van der Waals surface area contributed by atoms with Crippen molar-refractivity contribution in [2.24, 2.45) is 10.9 Å². The number of rotatable bonds is 7. The van der Waals surface area contributed by atoms with E-state index in [-0.39, 0.29) is 0 Å². The molecule has 1 saturated heterocycles. The number of ether oxygens (including phenoxy) is 1. The number of aromatic nitrogens is 1. The van der Waals surface area contributed by atoms with E-state index in [2.05, 4.69) is 31.6 Å². The van der Waals surface area contributed by atoms with E-state index in [1.807, 2.05) is 19.3 Å². The molecular formula is C20H33N5O. The van der Waals surface area contributed by atoms with Crippen molar-refractivity contribution in [1.82, 2.24) is 15.6 Å². The summed E-state index contributed by atoms with van der Waals surface area (Å²) in [6, 6.07) is 4.14. The van der Waals surface area contributed by atoms with Crippen LogP contribution >= 0.6 is 0 Å². The zero-order chi connectivity index (χ0) is 18.0. The number of pyridine rings is 1. The first-order chi connectivity index (χ1) is 12.9. The highest BCUT2D eigenvalue weighted by Crippen LogP contribution is 2.28. The van der Waals surface area contributed by atoms with Crippen LogP contribution in [0.2, 0.25) is 0 Å². The Bertz CT molecular complexity index is 565. The Morgan fingerprint density at radius 2 is 2.08 bits per heavy atom. The summed E-state index contributed by atoms with van der Waals surface area (Å²) in [7, 11) is 1.83. The SMILES string of the molecule is CN=C(NCCCC1CCCC1)NCc1cccnc1N1CCOCC1. The Morgan fingerprint density at radius 1 is 1.27 bits per heavy atom. The standard InChI is InChI=1S/C20H33N5O/c1-21-20(23-11-4-8-17-6-2-3-7-17)24-16-18-9-5-10-22-19(18)25-12-14-26-15-13-25/h5,9-10,17H,2-4,6-8,11-16H2,1H3,(H2,21,23,24). The van der Waals surface area contributed by atoms with Crippen LogP contribution in [-0.4, -0.2) is 50.8 Å². The number of aliphatic imine (C=N–C) groups is 1. The first-order valence-electron chi connectivity index (χ1n) is 10.1. The second-order valence-corrected chi connectivity index (χ2v) is 7.23. The summed E-state index contributed by atoms with van der Waals surface area (Å²) in [6.07, 6.45) is 10.1. The number of nitrogens with zero attached hydrogens (tertiary/aromatic N) is 3. The van der Waals surface area contributed by atoms with Crippen molar-refractivity contribution in [1.29, 1.82) is 0 Å². The van der Waals surface area contributed by atoms with Crippen LogP contribution in [0.4, 0.5) is 5.82 Å². The quantitative estimate of drug-likeness (QED) is 0.445. The molecule has 1 aliphatic carbocycles. The van der Waals surface area contributed by atoms with Crippen LogP contribution in [0.15, 0.2) is 23.3 Å². The topological polar surface area (TPSA) is 61.8 Å². The van der Waals surface area contributed by atoms with E-state index in [4.69, 9.17) is 4.74 Å². The lowest BCUT2D eigenvalue weighted by atomic mass is 10.0. The molecule has 2 aliphatic rings. The third-order valence-electron chi connectivity index (χ3n) is 5.40. The molecule has 3 rings (SSSR count). The van der Waals surface area contributed by atoms with Gasteiger partial charge < -0.3 is 20.3 Å². The van der Waals surface area contributed by atoms with E-state index in [1.165, 1.54) is 44.1 Å². The Hall–Kier alpha value is -1.82. The molecular weight excluding hydrogens is 326 g/mol. The summed E-state index contributed by atoms with van der Waals surface area (Å²) in [5, 5.41) is 6.88. The monoisotopic (exact) mass is 359 g/mol. The fraction of sp³-hybridized carbons (Fsp3) is 0.700. The van der Waals surface area contributed by atoms with Crippen molar-refractivity contribution < 1.29 is 4.74 Å². The first kappa shape index (κ1) is 19.0. The average molecular weight is 360 g/mol. The van der Waals surface area contributed by atoms with E-state index < -0.39 is 0 Å². The number of anilines is 1. The summed E-state index contributed by atoms with van der Waals surface area (Å²) >= 11 is 0. The van der Waals surface area contributed by atoms with Crippen LogP contribution in [0.3, 0.4) is 0 Å². The van der Waals surface area contributed by atoms with Crippen LogP contribution in [-0.2, 0) is 11.3 Å². The van der Waals surface area contributed by atoms with Crippen molar-refractivity contribution in [2.75, 3.05) is 44.8 Å². The summed E-state index contributed by atoms with van der Waals surface area (Å²) in [4.78, 5) is 11.3. The molecule has 1 aliphatic heterocycles. The first-order valence-corrected chi connectivity index (χ1v) is 10.1. The lowest BCUT2D eigenvalue weighted by Gasteiger charge is -2.29. The molecule has 0 radical (unpaired) electrons. The molecule has 1 aromatic heterocycles. The Kier molecular flexibility index (Phi) is 7.55. The van der Waals surface area contributed by atoms with Gasteiger partial charge in [0.25, 0.3) is 0 Å². The van der Waals surface area contributed by atoms with E-state index in [1.54, 1.807) is 0 Å². The fourth-order valence-corrected chi connectivity index (χ4v) is 3.92.